The lowest BCUT2D eigenvalue weighted by atomic mass is 9.82. The van der Waals surface area contributed by atoms with Crippen LogP contribution in [0.15, 0.2) is 18.2 Å². The molecule has 5 heteroatoms. The number of carboxylic acids is 1. The summed E-state index contributed by atoms with van der Waals surface area (Å²) in [5.74, 6) is -2.12. The molecule has 1 aromatic rings. The van der Waals surface area contributed by atoms with E-state index in [1.54, 1.807) is 11.3 Å². The van der Waals surface area contributed by atoms with Crippen LogP contribution >= 0.6 is 11.3 Å². The molecule has 1 aliphatic carbocycles. The molecule has 20 heavy (non-hydrogen) atoms. The third-order valence-electron chi connectivity index (χ3n) is 3.74. The molecule has 0 saturated carbocycles. The summed E-state index contributed by atoms with van der Waals surface area (Å²) in [7, 11) is 0. The summed E-state index contributed by atoms with van der Waals surface area (Å²) in [5.41, 5.74) is 1.23. The first-order valence-electron chi connectivity index (χ1n) is 6.70. The Morgan fingerprint density at radius 1 is 1.30 bits per heavy atom. The van der Waals surface area contributed by atoms with Crippen molar-refractivity contribution in [2.24, 2.45) is 11.8 Å². The number of aryl methyl sites for hydroxylation is 2. The van der Waals surface area contributed by atoms with Crippen LogP contribution in [0.25, 0.3) is 0 Å². The van der Waals surface area contributed by atoms with E-state index in [9.17, 15) is 14.7 Å². The third kappa shape index (κ3) is 3.28. The highest BCUT2D eigenvalue weighted by atomic mass is 32.1. The maximum absolute atomic E-state index is 12.2. The Bertz CT molecular complexity index is 528. The third-order valence-corrected chi connectivity index (χ3v) is 4.89. The number of hydrogen-bond acceptors (Lipinski definition) is 3. The number of thiophene rings is 1. The molecule has 0 spiro atoms. The molecule has 4 nitrogen and oxygen atoms in total. The number of amides is 1. The Hall–Kier alpha value is -1.62. The summed E-state index contributed by atoms with van der Waals surface area (Å²) in [4.78, 5) is 25.7. The predicted molar refractivity (Wildman–Crippen MR) is 78.6 cm³/mol. The van der Waals surface area contributed by atoms with Crippen LogP contribution in [-0.4, -0.2) is 17.0 Å². The molecule has 0 radical (unpaired) electrons. The largest absolute Gasteiger partial charge is 0.481 e. The van der Waals surface area contributed by atoms with E-state index in [-0.39, 0.29) is 5.91 Å². The van der Waals surface area contributed by atoms with E-state index in [4.69, 9.17) is 0 Å². The number of carbonyl (C=O) groups excluding carboxylic acids is 1. The number of allylic oxidation sites excluding steroid dienone is 2. The molecule has 0 aromatic carbocycles. The van der Waals surface area contributed by atoms with Gasteiger partial charge in [0.1, 0.15) is 0 Å². The van der Waals surface area contributed by atoms with Crippen molar-refractivity contribution < 1.29 is 14.7 Å². The Morgan fingerprint density at radius 3 is 2.50 bits per heavy atom. The first-order valence-corrected chi connectivity index (χ1v) is 7.52. The van der Waals surface area contributed by atoms with Gasteiger partial charge in [0, 0.05) is 9.75 Å². The minimum Gasteiger partial charge on any atom is -0.481 e. The zero-order valence-electron chi connectivity index (χ0n) is 11.7. The Morgan fingerprint density at radius 2 is 1.95 bits per heavy atom. The average molecular weight is 293 g/mol. The molecule has 0 fully saturated rings. The van der Waals surface area contributed by atoms with Gasteiger partial charge in [-0.2, -0.15) is 0 Å². The van der Waals surface area contributed by atoms with E-state index in [1.165, 1.54) is 10.4 Å². The summed E-state index contributed by atoms with van der Waals surface area (Å²) in [6.07, 6.45) is 4.67. The van der Waals surface area contributed by atoms with Gasteiger partial charge in [0.2, 0.25) is 5.91 Å². The van der Waals surface area contributed by atoms with Gasteiger partial charge in [-0.15, -0.1) is 11.3 Å². The number of hydrogen-bond donors (Lipinski definition) is 2. The molecule has 2 unspecified atom stereocenters. The summed E-state index contributed by atoms with van der Waals surface area (Å²) in [6.45, 7) is 4.58. The number of carboxylic acid groups (broad SMARTS) is 1. The van der Waals surface area contributed by atoms with Crippen LogP contribution in [0.1, 0.15) is 28.2 Å². The van der Waals surface area contributed by atoms with Crippen molar-refractivity contribution >= 4 is 23.2 Å². The van der Waals surface area contributed by atoms with Gasteiger partial charge in [-0.3, -0.25) is 9.59 Å². The minimum absolute atomic E-state index is 0.162. The highest BCUT2D eigenvalue weighted by Gasteiger charge is 2.33. The monoisotopic (exact) mass is 293 g/mol. The standard InChI is InChI=1S/C15H19NO3S/c1-9-7-11(20-10(9)2)8-16-14(17)12-5-3-4-6-13(12)15(18)19/h3-4,7,12-13H,5-6,8H2,1-2H3,(H,16,17)(H,18,19). The molecule has 2 rings (SSSR count). The van der Waals surface area contributed by atoms with Crippen LogP contribution in [0, 0.1) is 25.7 Å². The van der Waals surface area contributed by atoms with Crippen molar-refractivity contribution in [3.63, 3.8) is 0 Å². The molecule has 2 atom stereocenters. The molecular formula is C15H19NO3S. The van der Waals surface area contributed by atoms with Gasteiger partial charge >= 0.3 is 5.97 Å². The highest BCUT2D eigenvalue weighted by Crippen LogP contribution is 2.26. The summed E-state index contributed by atoms with van der Waals surface area (Å²) < 4.78 is 0. The maximum atomic E-state index is 12.2. The second-order valence-corrected chi connectivity index (χ2v) is 6.50. The molecule has 1 heterocycles. The summed E-state index contributed by atoms with van der Waals surface area (Å²) in [6, 6.07) is 2.07. The van der Waals surface area contributed by atoms with Crippen LogP contribution < -0.4 is 5.32 Å². The van der Waals surface area contributed by atoms with Crippen LogP contribution in [0.3, 0.4) is 0 Å². The van der Waals surface area contributed by atoms with Gasteiger partial charge in [-0.25, -0.2) is 0 Å². The second-order valence-electron chi connectivity index (χ2n) is 5.16. The van der Waals surface area contributed by atoms with E-state index in [0.717, 1.165) is 4.88 Å². The zero-order chi connectivity index (χ0) is 14.7. The van der Waals surface area contributed by atoms with Gasteiger partial charge in [0.15, 0.2) is 0 Å². The number of aliphatic carboxylic acids is 1. The van der Waals surface area contributed by atoms with E-state index in [2.05, 4.69) is 18.3 Å². The Balaban J connectivity index is 1.97. The second kappa shape index (κ2) is 6.22. The predicted octanol–water partition coefficient (Wildman–Crippen LogP) is 2.65. The molecule has 1 amide bonds. The number of nitrogens with one attached hydrogen (secondary N) is 1. The molecule has 0 bridgehead atoms. The van der Waals surface area contributed by atoms with Crippen molar-refractivity contribution in [1.29, 1.82) is 0 Å². The normalized spacial score (nSPS) is 21.7. The quantitative estimate of drug-likeness (QED) is 0.839. The van der Waals surface area contributed by atoms with Gasteiger partial charge in [0.05, 0.1) is 18.4 Å². The van der Waals surface area contributed by atoms with E-state index < -0.39 is 17.8 Å². The van der Waals surface area contributed by atoms with E-state index in [0.29, 0.717) is 19.4 Å². The van der Waals surface area contributed by atoms with Gasteiger partial charge in [-0.05, 0) is 38.3 Å². The number of carbonyl (C=O) groups is 2. The minimum atomic E-state index is -0.891. The lowest BCUT2D eigenvalue weighted by molar-refractivity contribution is -0.147. The van der Waals surface area contributed by atoms with Gasteiger partial charge in [0.25, 0.3) is 0 Å². The van der Waals surface area contributed by atoms with Crippen LogP contribution in [0.2, 0.25) is 0 Å². The fourth-order valence-corrected chi connectivity index (χ4v) is 3.41. The molecule has 2 N–H and O–H groups in total. The lowest BCUT2D eigenvalue weighted by Gasteiger charge is -2.24. The Kier molecular flexibility index (Phi) is 4.60. The number of rotatable bonds is 4. The molecular weight excluding hydrogens is 274 g/mol. The van der Waals surface area contributed by atoms with Crippen LogP contribution in [-0.2, 0) is 16.1 Å². The molecule has 108 valence electrons. The van der Waals surface area contributed by atoms with Gasteiger partial charge in [-0.1, -0.05) is 12.2 Å². The fourth-order valence-electron chi connectivity index (χ4n) is 2.42. The van der Waals surface area contributed by atoms with Crippen molar-refractivity contribution in [3.05, 3.63) is 33.5 Å². The van der Waals surface area contributed by atoms with E-state index in [1.807, 2.05) is 19.1 Å². The van der Waals surface area contributed by atoms with Crippen molar-refractivity contribution in [2.45, 2.75) is 33.2 Å². The van der Waals surface area contributed by atoms with Crippen molar-refractivity contribution in [3.8, 4) is 0 Å². The summed E-state index contributed by atoms with van der Waals surface area (Å²) >= 11 is 1.67. The first-order chi connectivity index (χ1) is 9.49. The molecule has 0 aliphatic heterocycles. The van der Waals surface area contributed by atoms with Gasteiger partial charge < -0.3 is 10.4 Å². The maximum Gasteiger partial charge on any atom is 0.307 e. The molecule has 1 aromatic heterocycles. The molecule has 0 saturated heterocycles. The Labute approximate surface area is 122 Å². The average Bonchev–Trinajstić information content (AvgIpc) is 2.75. The van der Waals surface area contributed by atoms with Crippen molar-refractivity contribution in [2.75, 3.05) is 0 Å². The zero-order valence-corrected chi connectivity index (χ0v) is 12.5. The van der Waals surface area contributed by atoms with Crippen molar-refractivity contribution in [1.82, 2.24) is 5.32 Å². The molecule has 1 aliphatic rings. The van der Waals surface area contributed by atoms with E-state index >= 15 is 0 Å². The fraction of sp³-hybridized carbons (Fsp3) is 0.467. The first kappa shape index (κ1) is 14.8. The SMILES string of the molecule is Cc1cc(CNC(=O)C2CC=CCC2C(=O)O)sc1C. The smallest absolute Gasteiger partial charge is 0.307 e. The summed E-state index contributed by atoms with van der Waals surface area (Å²) in [5, 5.41) is 12.0. The highest BCUT2D eigenvalue weighted by molar-refractivity contribution is 7.12. The lowest BCUT2D eigenvalue weighted by Crippen LogP contribution is -2.38. The topological polar surface area (TPSA) is 66.4 Å². The van der Waals surface area contributed by atoms with Crippen LogP contribution in [0.5, 0.6) is 0 Å². The van der Waals surface area contributed by atoms with Crippen LogP contribution in [0.4, 0.5) is 0 Å².